The molecule has 2 rings (SSSR count). The van der Waals surface area contributed by atoms with Crippen LogP contribution in [0.25, 0.3) is 0 Å². The third kappa shape index (κ3) is 4.15. The summed E-state index contributed by atoms with van der Waals surface area (Å²) < 4.78 is 0. The first-order valence-corrected chi connectivity index (χ1v) is 6.16. The van der Waals surface area contributed by atoms with Crippen molar-refractivity contribution in [1.82, 2.24) is 15.6 Å². The van der Waals surface area contributed by atoms with Crippen molar-refractivity contribution >= 4 is 5.91 Å². The van der Waals surface area contributed by atoms with Crippen LogP contribution in [0.1, 0.15) is 31.5 Å². The van der Waals surface area contributed by atoms with E-state index in [0.717, 1.165) is 18.2 Å². The molecule has 1 aliphatic carbocycles. The number of nitrogens with one attached hydrogen (secondary N) is 2. The van der Waals surface area contributed by atoms with E-state index in [1.54, 1.807) is 6.20 Å². The Bertz CT molecular complexity index is 362. The van der Waals surface area contributed by atoms with Crippen LogP contribution in [0, 0.1) is 5.92 Å². The third-order valence-electron chi connectivity index (χ3n) is 2.92. The van der Waals surface area contributed by atoms with Crippen LogP contribution in [-0.4, -0.2) is 24.0 Å². The topological polar surface area (TPSA) is 54.0 Å². The fourth-order valence-corrected chi connectivity index (χ4v) is 1.71. The monoisotopic (exact) mass is 233 g/mol. The fraction of sp³-hybridized carbons (Fsp3) is 0.538. The number of amides is 1. The van der Waals surface area contributed by atoms with Gasteiger partial charge in [0.05, 0.1) is 18.3 Å². The highest BCUT2D eigenvalue weighted by molar-refractivity contribution is 5.78. The summed E-state index contributed by atoms with van der Waals surface area (Å²) in [7, 11) is 0. The lowest BCUT2D eigenvalue weighted by atomic mass is 10.2. The van der Waals surface area contributed by atoms with Crippen molar-refractivity contribution in [3.05, 3.63) is 30.1 Å². The van der Waals surface area contributed by atoms with E-state index in [1.807, 2.05) is 25.1 Å². The second-order valence-electron chi connectivity index (χ2n) is 4.62. The third-order valence-corrected chi connectivity index (χ3v) is 2.92. The highest BCUT2D eigenvalue weighted by Crippen LogP contribution is 2.27. The van der Waals surface area contributed by atoms with E-state index < -0.39 is 0 Å². The van der Waals surface area contributed by atoms with Crippen LogP contribution in [0.15, 0.2) is 24.4 Å². The molecule has 17 heavy (non-hydrogen) atoms. The molecule has 92 valence electrons. The lowest BCUT2D eigenvalue weighted by Crippen LogP contribution is -2.36. The van der Waals surface area contributed by atoms with Gasteiger partial charge in [0.25, 0.3) is 0 Å². The number of pyridine rings is 1. The van der Waals surface area contributed by atoms with Gasteiger partial charge in [0.2, 0.25) is 5.91 Å². The number of hydrogen-bond acceptors (Lipinski definition) is 3. The van der Waals surface area contributed by atoms with Crippen molar-refractivity contribution in [3.8, 4) is 0 Å². The van der Waals surface area contributed by atoms with Gasteiger partial charge < -0.3 is 10.6 Å². The smallest absolute Gasteiger partial charge is 0.234 e. The molecule has 0 aliphatic heterocycles. The fourth-order valence-electron chi connectivity index (χ4n) is 1.71. The zero-order chi connectivity index (χ0) is 12.1. The van der Waals surface area contributed by atoms with Gasteiger partial charge in [-0.15, -0.1) is 0 Å². The molecular weight excluding hydrogens is 214 g/mol. The van der Waals surface area contributed by atoms with Crippen LogP contribution < -0.4 is 10.6 Å². The largest absolute Gasteiger partial charge is 0.347 e. The summed E-state index contributed by atoms with van der Waals surface area (Å²) in [4.78, 5) is 15.8. The van der Waals surface area contributed by atoms with E-state index in [4.69, 9.17) is 0 Å². The SMILES string of the molecule is C[C@H](NC(=O)CNCC1CC1)c1ccccn1. The Balaban J connectivity index is 1.69. The number of aromatic nitrogens is 1. The van der Waals surface area contributed by atoms with Crippen LogP contribution in [0.5, 0.6) is 0 Å². The summed E-state index contributed by atoms with van der Waals surface area (Å²) in [5.41, 5.74) is 0.892. The van der Waals surface area contributed by atoms with Crippen molar-refractivity contribution < 1.29 is 4.79 Å². The molecule has 0 saturated heterocycles. The standard InChI is InChI=1S/C13H19N3O/c1-10(12-4-2-3-7-15-12)16-13(17)9-14-8-11-5-6-11/h2-4,7,10-11,14H,5-6,8-9H2,1H3,(H,16,17)/t10-/m0/s1. The Kier molecular flexibility index (Phi) is 4.09. The molecule has 1 atom stereocenters. The van der Waals surface area contributed by atoms with E-state index in [2.05, 4.69) is 15.6 Å². The number of hydrogen-bond donors (Lipinski definition) is 2. The van der Waals surface area contributed by atoms with Gasteiger partial charge in [0, 0.05) is 6.20 Å². The van der Waals surface area contributed by atoms with Gasteiger partial charge in [0.1, 0.15) is 0 Å². The molecule has 1 aliphatic rings. The highest BCUT2D eigenvalue weighted by Gasteiger charge is 2.20. The van der Waals surface area contributed by atoms with Crippen molar-refractivity contribution in [2.45, 2.75) is 25.8 Å². The molecule has 1 aromatic rings. The summed E-state index contributed by atoms with van der Waals surface area (Å²) >= 11 is 0. The molecule has 0 aromatic carbocycles. The van der Waals surface area contributed by atoms with Gasteiger partial charge in [-0.3, -0.25) is 9.78 Å². The van der Waals surface area contributed by atoms with Crippen LogP contribution in [0.3, 0.4) is 0 Å². The summed E-state index contributed by atoms with van der Waals surface area (Å²) in [6, 6.07) is 5.68. The zero-order valence-electron chi connectivity index (χ0n) is 10.1. The second-order valence-corrected chi connectivity index (χ2v) is 4.62. The van der Waals surface area contributed by atoms with Gasteiger partial charge in [-0.1, -0.05) is 6.07 Å². The molecule has 1 saturated carbocycles. The van der Waals surface area contributed by atoms with E-state index >= 15 is 0 Å². The van der Waals surface area contributed by atoms with Crippen LogP contribution in [0.4, 0.5) is 0 Å². The summed E-state index contributed by atoms with van der Waals surface area (Å²) in [5.74, 6) is 0.833. The van der Waals surface area contributed by atoms with Crippen molar-refractivity contribution in [1.29, 1.82) is 0 Å². The van der Waals surface area contributed by atoms with Crippen LogP contribution >= 0.6 is 0 Å². The Morgan fingerprint density at radius 1 is 1.53 bits per heavy atom. The van der Waals surface area contributed by atoms with Gasteiger partial charge in [-0.2, -0.15) is 0 Å². The minimum absolute atomic E-state index is 0.0313. The lowest BCUT2D eigenvalue weighted by molar-refractivity contribution is -0.120. The Labute approximate surface area is 102 Å². The Morgan fingerprint density at radius 3 is 3.00 bits per heavy atom. The average molecular weight is 233 g/mol. The Hall–Kier alpha value is -1.42. The summed E-state index contributed by atoms with van der Waals surface area (Å²) in [5, 5.41) is 6.10. The lowest BCUT2D eigenvalue weighted by Gasteiger charge is -2.13. The molecule has 4 nitrogen and oxygen atoms in total. The van der Waals surface area contributed by atoms with Crippen LogP contribution in [0.2, 0.25) is 0 Å². The number of carbonyl (C=O) groups excluding carboxylic acids is 1. The van der Waals surface area contributed by atoms with E-state index in [0.29, 0.717) is 6.54 Å². The normalized spacial score (nSPS) is 16.5. The molecule has 1 aromatic heterocycles. The van der Waals surface area contributed by atoms with E-state index in [9.17, 15) is 4.79 Å². The first-order chi connectivity index (χ1) is 8.25. The molecule has 1 amide bonds. The Morgan fingerprint density at radius 2 is 2.35 bits per heavy atom. The molecular formula is C13H19N3O. The maximum absolute atomic E-state index is 11.6. The maximum Gasteiger partial charge on any atom is 0.234 e. The quantitative estimate of drug-likeness (QED) is 0.777. The molecule has 1 heterocycles. The van der Waals surface area contributed by atoms with Gasteiger partial charge >= 0.3 is 0 Å². The predicted octanol–water partition coefficient (Wildman–Crippen LogP) is 1.26. The molecule has 0 spiro atoms. The second kappa shape index (κ2) is 5.77. The van der Waals surface area contributed by atoms with Gasteiger partial charge in [-0.05, 0) is 44.4 Å². The first kappa shape index (κ1) is 12.0. The van der Waals surface area contributed by atoms with Crippen molar-refractivity contribution in [3.63, 3.8) is 0 Å². The first-order valence-electron chi connectivity index (χ1n) is 6.16. The number of rotatable bonds is 6. The van der Waals surface area contributed by atoms with Gasteiger partial charge in [0.15, 0.2) is 0 Å². The number of carbonyl (C=O) groups is 1. The minimum atomic E-state index is -0.0357. The zero-order valence-corrected chi connectivity index (χ0v) is 10.1. The van der Waals surface area contributed by atoms with E-state index in [1.165, 1.54) is 12.8 Å². The average Bonchev–Trinajstić information content (AvgIpc) is 3.14. The molecule has 4 heteroatoms. The van der Waals surface area contributed by atoms with E-state index in [-0.39, 0.29) is 11.9 Å². The highest BCUT2D eigenvalue weighted by atomic mass is 16.1. The molecule has 0 radical (unpaired) electrons. The number of nitrogens with zero attached hydrogens (tertiary/aromatic N) is 1. The maximum atomic E-state index is 11.6. The van der Waals surface area contributed by atoms with Crippen molar-refractivity contribution in [2.24, 2.45) is 5.92 Å². The minimum Gasteiger partial charge on any atom is -0.347 e. The van der Waals surface area contributed by atoms with Crippen molar-refractivity contribution in [2.75, 3.05) is 13.1 Å². The molecule has 0 unspecified atom stereocenters. The molecule has 1 fully saturated rings. The molecule has 0 bridgehead atoms. The van der Waals surface area contributed by atoms with Crippen LogP contribution in [-0.2, 0) is 4.79 Å². The van der Waals surface area contributed by atoms with Gasteiger partial charge in [-0.25, -0.2) is 0 Å². The molecule has 2 N–H and O–H groups in total. The summed E-state index contributed by atoms with van der Waals surface area (Å²) in [6.45, 7) is 3.31. The summed E-state index contributed by atoms with van der Waals surface area (Å²) in [6.07, 6.45) is 4.35. The predicted molar refractivity (Wildman–Crippen MR) is 66.4 cm³/mol.